The number of rotatable bonds is 10. The highest BCUT2D eigenvalue weighted by atomic mass is 19.4. The van der Waals surface area contributed by atoms with E-state index in [9.17, 15) is 18.0 Å². The van der Waals surface area contributed by atoms with E-state index in [1.54, 1.807) is 23.1 Å². The summed E-state index contributed by atoms with van der Waals surface area (Å²) in [4.78, 5) is 16.3. The van der Waals surface area contributed by atoms with E-state index in [0.29, 0.717) is 19.5 Å². The number of nitrogens with zero attached hydrogens (tertiary/aromatic N) is 3. The van der Waals surface area contributed by atoms with E-state index in [1.165, 1.54) is 19.5 Å². The predicted octanol–water partition coefficient (Wildman–Crippen LogP) is 3.53. The molecule has 32 heavy (non-hydrogen) atoms. The van der Waals surface area contributed by atoms with Gasteiger partial charge in [0.05, 0.1) is 13.7 Å². The van der Waals surface area contributed by atoms with Gasteiger partial charge >= 0.3 is 6.18 Å². The number of ether oxygens (including phenoxy) is 2. The molecule has 1 amide bonds. The highest BCUT2D eigenvalue weighted by Gasteiger charge is 2.29. The van der Waals surface area contributed by atoms with E-state index in [4.69, 9.17) is 9.47 Å². The maximum absolute atomic E-state index is 12.4. The van der Waals surface area contributed by atoms with Gasteiger partial charge in [-0.3, -0.25) is 4.79 Å². The first-order valence-electron chi connectivity index (χ1n) is 9.86. The number of carbonyl (C=O) groups is 1. The highest BCUT2D eigenvalue weighted by Crippen LogP contribution is 2.30. The molecule has 0 atom stereocenters. The van der Waals surface area contributed by atoms with Gasteiger partial charge in [0, 0.05) is 13.0 Å². The molecule has 0 aliphatic rings. The van der Waals surface area contributed by atoms with Crippen molar-refractivity contribution in [2.45, 2.75) is 32.1 Å². The lowest BCUT2D eigenvalue weighted by molar-refractivity contribution is -0.153. The molecule has 0 saturated heterocycles. The van der Waals surface area contributed by atoms with Crippen LogP contribution in [-0.4, -0.2) is 40.6 Å². The van der Waals surface area contributed by atoms with Crippen LogP contribution in [0.2, 0.25) is 0 Å². The van der Waals surface area contributed by atoms with Crippen molar-refractivity contribution in [2.24, 2.45) is 0 Å². The summed E-state index contributed by atoms with van der Waals surface area (Å²) in [5.41, 5.74) is 2.75. The minimum absolute atomic E-state index is 0.00187. The summed E-state index contributed by atoms with van der Waals surface area (Å²) < 4.78 is 48.7. The monoisotopic (exact) mass is 448 g/mol. The Kier molecular flexibility index (Phi) is 7.69. The SMILES string of the molecule is COc1cc(CCC(=O)NCc2ccccc2Cn2cncn2)ccc1OCC(F)(F)F. The van der Waals surface area contributed by atoms with E-state index in [-0.39, 0.29) is 23.8 Å². The minimum Gasteiger partial charge on any atom is -0.493 e. The molecule has 0 unspecified atom stereocenters. The maximum Gasteiger partial charge on any atom is 0.422 e. The van der Waals surface area contributed by atoms with Gasteiger partial charge in [-0.1, -0.05) is 30.3 Å². The van der Waals surface area contributed by atoms with Crippen LogP contribution < -0.4 is 14.8 Å². The van der Waals surface area contributed by atoms with Crippen molar-refractivity contribution in [1.29, 1.82) is 0 Å². The van der Waals surface area contributed by atoms with Gasteiger partial charge in [0.25, 0.3) is 0 Å². The van der Waals surface area contributed by atoms with E-state index in [0.717, 1.165) is 16.7 Å². The van der Waals surface area contributed by atoms with Gasteiger partial charge in [0.2, 0.25) is 5.91 Å². The van der Waals surface area contributed by atoms with Crippen molar-refractivity contribution in [2.75, 3.05) is 13.7 Å². The number of aryl methyl sites for hydroxylation is 1. The summed E-state index contributed by atoms with van der Waals surface area (Å²) in [6.45, 7) is -0.477. The Balaban J connectivity index is 1.52. The van der Waals surface area contributed by atoms with Crippen LogP contribution in [0.5, 0.6) is 11.5 Å². The second-order valence-corrected chi connectivity index (χ2v) is 7.03. The summed E-state index contributed by atoms with van der Waals surface area (Å²) in [5, 5.41) is 7.00. The number of nitrogens with one attached hydrogen (secondary N) is 1. The molecule has 3 rings (SSSR count). The summed E-state index contributed by atoms with van der Waals surface area (Å²) in [7, 11) is 1.35. The number of methoxy groups -OCH3 is 1. The highest BCUT2D eigenvalue weighted by molar-refractivity contribution is 5.76. The van der Waals surface area contributed by atoms with Crippen LogP contribution in [0.1, 0.15) is 23.1 Å². The third-order valence-electron chi connectivity index (χ3n) is 4.65. The Labute approximate surface area is 183 Å². The summed E-state index contributed by atoms with van der Waals surface area (Å²) in [5.74, 6) is 0.0492. The van der Waals surface area contributed by atoms with Crippen molar-refractivity contribution in [3.8, 4) is 11.5 Å². The second kappa shape index (κ2) is 10.7. The molecule has 3 aromatic rings. The Morgan fingerprint density at radius 2 is 1.91 bits per heavy atom. The number of benzene rings is 2. The number of hydrogen-bond acceptors (Lipinski definition) is 5. The zero-order chi connectivity index (χ0) is 23.0. The van der Waals surface area contributed by atoms with Gasteiger partial charge in [0.1, 0.15) is 12.7 Å². The summed E-state index contributed by atoms with van der Waals surface area (Å²) in [6.07, 6.45) is -0.716. The topological polar surface area (TPSA) is 78.3 Å². The smallest absolute Gasteiger partial charge is 0.422 e. The van der Waals surface area contributed by atoms with Crippen LogP contribution in [0.15, 0.2) is 55.1 Å². The lowest BCUT2D eigenvalue weighted by Crippen LogP contribution is -2.24. The quantitative estimate of drug-likeness (QED) is 0.514. The third kappa shape index (κ3) is 7.00. The zero-order valence-electron chi connectivity index (χ0n) is 17.4. The van der Waals surface area contributed by atoms with Crippen molar-refractivity contribution in [3.05, 3.63) is 71.8 Å². The van der Waals surface area contributed by atoms with Gasteiger partial charge in [-0.15, -0.1) is 0 Å². The molecule has 0 aliphatic heterocycles. The number of halogens is 3. The van der Waals surface area contributed by atoms with Gasteiger partial charge in [-0.05, 0) is 35.2 Å². The van der Waals surface area contributed by atoms with E-state index < -0.39 is 12.8 Å². The molecule has 0 bridgehead atoms. The number of carbonyl (C=O) groups excluding carboxylic acids is 1. The minimum atomic E-state index is -4.43. The van der Waals surface area contributed by atoms with Crippen LogP contribution in [-0.2, 0) is 24.3 Å². The van der Waals surface area contributed by atoms with Crippen molar-refractivity contribution in [1.82, 2.24) is 20.1 Å². The average Bonchev–Trinajstić information content (AvgIpc) is 3.28. The Morgan fingerprint density at radius 3 is 2.59 bits per heavy atom. The molecule has 0 radical (unpaired) electrons. The normalized spacial score (nSPS) is 11.2. The first kappa shape index (κ1) is 23.1. The van der Waals surface area contributed by atoms with Crippen LogP contribution in [0.25, 0.3) is 0 Å². The standard InChI is InChI=1S/C22H23F3N4O3/c1-31-20-10-16(6-8-19(20)32-13-22(23,24)25)7-9-21(30)27-11-17-4-2-3-5-18(17)12-29-15-26-14-28-29/h2-6,8,10,14-15H,7,9,11-13H2,1H3,(H,27,30). The van der Waals surface area contributed by atoms with Gasteiger partial charge < -0.3 is 14.8 Å². The van der Waals surface area contributed by atoms with Crippen LogP contribution in [0.4, 0.5) is 13.2 Å². The van der Waals surface area contributed by atoms with Gasteiger partial charge in [-0.25, -0.2) is 9.67 Å². The van der Waals surface area contributed by atoms with Crippen molar-refractivity contribution < 1.29 is 27.4 Å². The molecular weight excluding hydrogens is 425 g/mol. The fraction of sp³-hybridized carbons (Fsp3) is 0.318. The van der Waals surface area contributed by atoms with Crippen LogP contribution >= 0.6 is 0 Å². The fourth-order valence-corrected chi connectivity index (χ4v) is 3.06. The van der Waals surface area contributed by atoms with Crippen LogP contribution in [0.3, 0.4) is 0 Å². The lowest BCUT2D eigenvalue weighted by atomic mass is 10.1. The second-order valence-electron chi connectivity index (χ2n) is 7.03. The molecule has 7 nitrogen and oxygen atoms in total. The number of amides is 1. The van der Waals surface area contributed by atoms with E-state index in [2.05, 4.69) is 15.4 Å². The first-order valence-corrected chi connectivity index (χ1v) is 9.86. The van der Waals surface area contributed by atoms with Crippen LogP contribution in [0, 0.1) is 0 Å². The molecule has 1 heterocycles. The van der Waals surface area contributed by atoms with Crippen molar-refractivity contribution in [3.63, 3.8) is 0 Å². The third-order valence-corrected chi connectivity index (χ3v) is 4.65. The predicted molar refractivity (Wildman–Crippen MR) is 110 cm³/mol. The Hall–Kier alpha value is -3.56. The molecule has 1 aromatic heterocycles. The molecule has 2 aromatic carbocycles. The Bertz CT molecular complexity index is 1020. The maximum atomic E-state index is 12.4. The zero-order valence-corrected chi connectivity index (χ0v) is 17.4. The number of aromatic nitrogens is 3. The number of alkyl halides is 3. The van der Waals surface area contributed by atoms with E-state index in [1.807, 2.05) is 24.3 Å². The molecule has 0 saturated carbocycles. The number of hydrogen-bond donors (Lipinski definition) is 1. The largest absolute Gasteiger partial charge is 0.493 e. The summed E-state index contributed by atoms with van der Waals surface area (Å²) in [6, 6.07) is 12.3. The fourth-order valence-electron chi connectivity index (χ4n) is 3.06. The molecule has 1 N–H and O–H groups in total. The van der Waals surface area contributed by atoms with E-state index >= 15 is 0 Å². The molecule has 0 aliphatic carbocycles. The molecule has 170 valence electrons. The van der Waals surface area contributed by atoms with Gasteiger partial charge in [-0.2, -0.15) is 18.3 Å². The summed E-state index contributed by atoms with van der Waals surface area (Å²) >= 11 is 0. The first-order chi connectivity index (χ1) is 15.3. The molecule has 0 spiro atoms. The molecule has 10 heteroatoms. The van der Waals surface area contributed by atoms with Gasteiger partial charge in [0.15, 0.2) is 18.1 Å². The lowest BCUT2D eigenvalue weighted by Gasteiger charge is -2.14. The Morgan fingerprint density at radius 1 is 1.12 bits per heavy atom. The average molecular weight is 448 g/mol. The molecule has 0 fully saturated rings. The van der Waals surface area contributed by atoms with Crippen molar-refractivity contribution >= 4 is 5.91 Å². The molecular formula is C22H23F3N4O3.